The molecule has 1 unspecified atom stereocenters. The molecule has 0 bridgehead atoms. The highest BCUT2D eigenvalue weighted by atomic mass is 16.3. The molecule has 3 N–H and O–H groups in total. The summed E-state index contributed by atoms with van der Waals surface area (Å²) in [4.78, 5) is 4.62. The van der Waals surface area contributed by atoms with Gasteiger partial charge in [-0.3, -0.25) is 0 Å². The van der Waals surface area contributed by atoms with E-state index in [9.17, 15) is 5.11 Å². The Labute approximate surface area is 123 Å². The summed E-state index contributed by atoms with van der Waals surface area (Å²) in [5.41, 5.74) is 9.30. The summed E-state index contributed by atoms with van der Waals surface area (Å²) in [5, 5.41) is 10.5. The highest BCUT2D eigenvalue weighted by molar-refractivity contribution is 5.75. The Morgan fingerprint density at radius 1 is 1.19 bits per heavy atom. The molecule has 21 heavy (non-hydrogen) atoms. The van der Waals surface area contributed by atoms with Gasteiger partial charge in [-0.15, -0.1) is 0 Å². The summed E-state index contributed by atoms with van der Waals surface area (Å²) >= 11 is 0. The Balaban J connectivity index is 1.97. The molecule has 2 aromatic carbocycles. The highest BCUT2D eigenvalue weighted by Gasteiger charge is 2.14. The van der Waals surface area contributed by atoms with Gasteiger partial charge in [0, 0.05) is 12.1 Å². The van der Waals surface area contributed by atoms with Crippen molar-refractivity contribution in [2.75, 3.05) is 5.73 Å². The van der Waals surface area contributed by atoms with Gasteiger partial charge in [0.25, 0.3) is 0 Å². The molecular formula is C17H19N3O. The van der Waals surface area contributed by atoms with Gasteiger partial charge in [-0.1, -0.05) is 31.2 Å². The number of benzene rings is 2. The van der Waals surface area contributed by atoms with Crippen molar-refractivity contribution in [3.8, 4) is 0 Å². The number of aryl methyl sites for hydroxylation is 1. The fourth-order valence-corrected chi connectivity index (χ4v) is 2.64. The summed E-state index contributed by atoms with van der Waals surface area (Å²) in [6, 6.07) is 15.4. The highest BCUT2D eigenvalue weighted by Crippen LogP contribution is 2.22. The molecule has 0 aliphatic heterocycles. The fraction of sp³-hybridized carbons (Fsp3) is 0.235. The normalized spacial score (nSPS) is 12.7. The molecule has 0 saturated heterocycles. The largest absolute Gasteiger partial charge is 0.399 e. The number of aliphatic hydroxyl groups is 1. The van der Waals surface area contributed by atoms with E-state index in [2.05, 4.69) is 16.5 Å². The lowest BCUT2D eigenvalue weighted by Gasteiger charge is -2.15. The van der Waals surface area contributed by atoms with Crippen LogP contribution < -0.4 is 5.73 Å². The van der Waals surface area contributed by atoms with E-state index in [1.165, 1.54) is 0 Å². The Morgan fingerprint density at radius 3 is 2.76 bits per heavy atom. The van der Waals surface area contributed by atoms with Crippen LogP contribution in [-0.2, 0) is 13.0 Å². The lowest BCUT2D eigenvalue weighted by Crippen LogP contribution is -2.11. The van der Waals surface area contributed by atoms with Gasteiger partial charge in [-0.2, -0.15) is 0 Å². The number of imidazole rings is 1. The lowest BCUT2D eigenvalue weighted by atomic mass is 10.1. The van der Waals surface area contributed by atoms with E-state index in [1.54, 1.807) is 0 Å². The molecule has 3 rings (SSSR count). The number of nitrogen functional groups attached to an aromatic ring is 1. The van der Waals surface area contributed by atoms with Gasteiger partial charge in [-0.25, -0.2) is 4.98 Å². The first-order valence-corrected chi connectivity index (χ1v) is 7.16. The zero-order chi connectivity index (χ0) is 14.8. The molecular weight excluding hydrogens is 262 g/mol. The second-order valence-corrected chi connectivity index (χ2v) is 5.17. The summed E-state index contributed by atoms with van der Waals surface area (Å²) in [5.74, 6) is 0.985. The third-order valence-corrected chi connectivity index (χ3v) is 3.70. The van der Waals surface area contributed by atoms with Crippen molar-refractivity contribution in [2.24, 2.45) is 0 Å². The van der Waals surface area contributed by atoms with Crippen LogP contribution >= 0.6 is 0 Å². The Hall–Kier alpha value is -2.33. The smallest absolute Gasteiger partial charge is 0.109 e. The maximum Gasteiger partial charge on any atom is 0.109 e. The molecule has 3 aromatic rings. The monoisotopic (exact) mass is 281 g/mol. The summed E-state index contributed by atoms with van der Waals surface area (Å²) < 4.78 is 2.09. The molecule has 0 amide bonds. The van der Waals surface area contributed by atoms with Crippen LogP contribution in [0.25, 0.3) is 11.0 Å². The van der Waals surface area contributed by atoms with Crippen LogP contribution in [0.5, 0.6) is 0 Å². The number of anilines is 1. The summed E-state index contributed by atoms with van der Waals surface area (Å²) in [7, 11) is 0. The van der Waals surface area contributed by atoms with Crippen LogP contribution in [0.3, 0.4) is 0 Å². The lowest BCUT2D eigenvalue weighted by molar-refractivity contribution is 0.157. The first kappa shape index (κ1) is 13.6. The zero-order valence-electron chi connectivity index (χ0n) is 12.0. The van der Waals surface area contributed by atoms with Crippen molar-refractivity contribution in [1.29, 1.82) is 0 Å². The molecule has 0 radical (unpaired) electrons. The van der Waals surface area contributed by atoms with Crippen molar-refractivity contribution in [1.82, 2.24) is 9.55 Å². The van der Waals surface area contributed by atoms with Gasteiger partial charge in [0.15, 0.2) is 0 Å². The van der Waals surface area contributed by atoms with Crippen LogP contribution in [0.2, 0.25) is 0 Å². The van der Waals surface area contributed by atoms with E-state index >= 15 is 0 Å². The van der Waals surface area contributed by atoms with Crippen molar-refractivity contribution < 1.29 is 5.11 Å². The fourth-order valence-electron chi connectivity index (χ4n) is 2.64. The molecule has 0 aliphatic rings. The van der Waals surface area contributed by atoms with E-state index < -0.39 is 6.10 Å². The molecule has 108 valence electrons. The SMILES string of the molecule is CCc1nc2ccccc2n1CC(O)c1cccc(N)c1. The van der Waals surface area contributed by atoms with Crippen molar-refractivity contribution in [3.05, 3.63) is 59.9 Å². The van der Waals surface area contributed by atoms with E-state index in [0.717, 1.165) is 28.8 Å². The predicted molar refractivity (Wildman–Crippen MR) is 84.9 cm³/mol. The van der Waals surface area contributed by atoms with Gasteiger partial charge in [-0.05, 0) is 29.8 Å². The van der Waals surface area contributed by atoms with E-state index in [-0.39, 0.29) is 0 Å². The molecule has 0 fully saturated rings. The van der Waals surface area contributed by atoms with Crippen molar-refractivity contribution in [3.63, 3.8) is 0 Å². The van der Waals surface area contributed by atoms with Crippen molar-refractivity contribution >= 4 is 16.7 Å². The van der Waals surface area contributed by atoms with Gasteiger partial charge in [0.1, 0.15) is 5.82 Å². The van der Waals surface area contributed by atoms with Crippen LogP contribution in [-0.4, -0.2) is 14.7 Å². The minimum atomic E-state index is -0.601. The van der Waals surface area contributed by atoms with Gasteiger partial charge in [0.05, 0.1) is 23.7 Å². The number of nitrogens with two attached hydrogens (primary N) is 1. The first-order valence-electron chi connectivity index (χ1n) is 7.16. The number of hydrogen-bond donors (Lipinski definition) is 2. The maximum atomic E-state index is 10.5. The van der Waals surface area contributed by atoms with Crippen LogP contribution in [0.15, 0.2) is 48.5 Å². The zero-order valence-corrected chi connectivity index (χ0v) is 12.0. The molecule has 4 nitrogen and oxygen atoms in total. The summed E-state index contributed by atoms with van der Waals surface area (Å²) in [6.45, 7) is 2.55. The third-order valence-electron chi connectivity index (χ3n) is 3.70. The number of hydrogen-bond acceptors (Lipinski definition) is 3. The topological polar surface area (TPSA) is 64.1 Å². The molecule has 1 aromatic heterocycles. The molecule has 1 atom stereocenters. The number of rotatable bonds is 4. The Morgan fingerprint density at radius 2 is 2.00 bits per heavy atom. The van der Waals surface area contributed by atoms with Gasteiger partial charge < -0.3 is 15.4 Å². The third kappa shape index (κ3) is 2.62. The standard InChI is InChI=1S/C17H19N3O/c1-2-17-19-14-8-3-4-9-15(14)20(17)11-16(21)12-6-5-7-13(18)10-12/h3-10,16,21H,2,11,18H2,1H3. The quantitative estimate of drug-likeness (QED) is 0.723. The first-order chi connectivity index (χ1) is 10.2. The number of fused-ring (bicyclic) bond motifs is 1. The second kappa shape index (κ2) is 5.58. The molecule has 1 heterocycles. The van der Waals surface area contributed by atoms with E-state index in [1.807, 2.05) is 48.5 Å². The molecule has 0 saturated carbocycles. The average molecular weight is 281 g/mol. The Bertz CT molecular complexity index is 764. The van der Waals surface area contributed by atoms with Gasteiger partial charge >= 0.3 is 0 Å². The van der Waals surface area contributed by atoms with E-state index in [4.69, 9.17) is 5.73 Å². The van der Waals surface area contributed by atoms with Gasteiger partial charge in [0.2, 0.25) is 0 Å². The Kier molecular flexibility index (Phi) is 3.62. The second-order valence-electron chi connectivity index (χ2n) is 5.17. The maximum absolute atomic E-state index is 10.5. The number of nitrogens with zero attached hydrogens (tertiary/aromatic N) is 2. The predicted octanol–water partition coefficient (Wildman–Crippen LogP) is 2.91. The molecule has 4 heteroatoms. The number of aromatic nitrogens is 2. The average Bonchev–Trinajstić information content (AvgIpc) is 2.85. The summed E-state index contributed by atoms with van der Waals surface area (Å²) in [6.07, 6.45) is 0.231. The van der Waals surface area contributed by atoms with E-state index in [0.29, 0.717) is 12.2 Å². The molecule has 0 aliphatic carbocycles. The van der Waals surface area contributed by atoms with Crippen LogP contribution in [0, 0.1) is 0 Å². The van der Waals surface area contributed by atoms with Crippen LogP contribution in [0.4, 0.5) is 5.69 Å². The number of aliphatic hydroxyl groups excluding tert-OH is 1. The molecule has 0 spiro atoms. The van der Waals surface area contributed by atoms with Crippen LogP contribution in [0.1, 0.15) is 24.4 Å². The minimum absolute atomic E-state index is 0.479. The minimum Gasteiger partial charge on any atom is -0.399 e. The van der Waals surface area contributed by atoms with Crippen molar-refractivity contribution in [2.45, 2.75) is 26.0 Å². The number of para-hydroxylation sites is 2.